The second kappa shape index (κ2) is 11.0. The number of anilines is 1. The molecule has 0 fully saturated rings. The highest BCUT2D eigenvalue weighted by molar-refractivity contribution is 6.01. The van der Waals surface area contributed by atoms with Gasteiger partial charge < -0.3 is 20.5 Å². The van der Waals surface area contributed by atoms with Crippen molar-refractivity contribution >= 4 is 34.4 Å². The number of nitrogens with one attached hydrogen (secondary N) is 2. The third kappa shape index (κ3) is 6.79. The molecule has 0 heterocycles. The summed E-state index contributed by atoms with van der Waals surface area (Å²) in [6.07, 6.45) is 4.95. The molecular weight excluding hydrogens is 470 g/mol. The van der Waals surface area contributed by atoms with E-state index in [0.717, 1.165) is 15.7 Å². The standard InChI is InChI=1S/C29H31N3O5/c1-7-32(27(35)19(3)30-28(36)37-29(4,5)6)25(22-13-15-24(33)18(2)16-22)26(34)31-23-14-12-20-10-8-9-11-21(20)17-23/h1,8-17,19,25,33H,2-6H3,(H,30,36)(H,31,34). The van der Waals surface area contributed by atoms with Crippen LogP contribution in [0.25, 0.3) is 10.8 Å². The molecule has 0 spiro atoms. The average Bonchev–Trinajstić information content (AvgIpc) is 2.82. The lowest BCUT2D eigenvalue weighted by atomic mass is 10.0. The Morgan fingerprint density at radius 3 is 2.32 bits per heavy atom. The molecule has 0 aromatic heterocycles. The van der Waals surface area contributed by atoms with Gasteiger partial charge in [-0.25, -0.2) is 4.79 Å². The molecule has 0 saturated carbocycles. The maximum atomic E-state index is 13.6. The minimum atomic E-state index is -1.24. The Kier molecular flexibility index (Phi) is 8.08. The van der Waals surface area contributed by atoms with Crippen LogP contribution in [0.2, 0.25) is 0 Å². The lowest BCUT2D eigenvalue weighted by Crippen LogP contribution is -2.49. The van der Waals surface area contributed by atoms with Gasteiger partial charge in [0.15, 0.2) is 0 Å². The molecule has 3 aromatic rings. The van der Waals surface area contributed by atoms with Crippen molar-refractivity contribution in [2.24, 2.45) is 0 Å². The van der Waals surface area contributed by atoms with E-state index in [1.54, 1.807) is 39.8 Å². The van der Waals surface area contributed by atoms with E-state index in [9.17, 15) is 19.5 Å². The van der Waals surface area contributed by atoms with Crippen molar-refractivity contribution in [1.82, 2.24) is 10.2 Å². The number of rotatable bonds is 6. The SMILES string of the molecule is C#CN(C(=O)C(C)NC(=O)OC(C)(C)C)C(C(=O)Nc1ccc2ccccc2c1)c1ccc(O)c(C)c1. The zero-order chi connectivity index (χ0) is 27.3. The molecule has 0 aliphatic rings. The van der Waals surface area contributed by atoms with Gasteiger partial charge in [0.1, 0.15) is 23.4 Å². The zero-order valence-electron chi connectivity index (χ0n) is 21.5. The molecule has 2 unspecified atom stereocenters. The number of benzene rings is 3. The minimum absolute atomic E-state index is 0.0379. The quantitative estimate of drug-likeness (QED) is 0.330. The number of carbonyl (C=O) groups excluding carboxylic acids is 3. The number of nitrogens with zero attached hydrogens (tertiary/aromatic N) is 1. The molecule has 3 aromatic carbocycles. The highest BCUT2D eigenvalue weighted by Crippen LogP contribution is 2.28. The third-order valence-corrected chi connectivity index (χ3v) is 5.54. The van der Waals surface area contributed by atoms with Gasteiger partial charge in [0.05, 0.1) is 0 Å². The number of terminal acetylenes is 1. The predicted octanol–water partition coefficient (Wildman–Crippen LogP) is 4.87. The van der Waals surface area contributed by atoms with Gasteiger partial charge in [-0.05, 0) is 80.8 Å². The van der Waals surface area contributed by atoms with Gasteiger partial charge in [-0.2, -0.15) is 0 Å². The monoisotopic (exact) mass is 501 g/mol. The zero-order valence-corrected chi connectivity index (χ0v) is 21.5. The molecule has 0 bridgehead atoms. The summed E-state index contributed by atoms with van der Waals surface area (Å²) in [5.41, 5.74) is 0.660. The lowest BCUT2D eigenvalue weighted by Gasteiger charge is -2.29. The first-order valence-corrected chi connectivity index (χ1v) is 11.8. The van der Waals surface area contributed by atoms with Gasteiger partial charge >= 0.3 is 6.09 Å². The maximum absolute atomic E-state index is 13.6. The number of hydrogen-bond donors (Lipinski definition) is 3. The first-order valence-electron chi connectivity index (χ1n) is 11.8. The van der Waals surface area contributed by atoms with Crippen LogP contribution in [0, 0.1) is 19.4 Å². The van der Waals surface area contributed by atoms with Gasteiger partial charge in [0, 0.05) is 11.7 Å². The first kappa shape index (κ1) is 27.1. The molecule has 3 amide bonds. The Balaban J connectivity index is 1.93. The van der Waals surface area contributed by atoms with Crippen LogP contribution in [-0.2, 0) is 14.3 Å². The second-order valence-corrected chi connectivity index (χ2v) is 9.70. The fourth-order valence-electron chi connectivity index (χ4n) is 3.76. The number of phenols is 1. The van der Waals surface area contributed by atoms with Crippen molar-refractivity contribution in [1.29, 1.82) is 0 Å². The second-order valence-electron chi connectivity index (χ2n) is 9.70. The molecule has 2 atom stereocenters. The first-order chi connectivity index (χ1) is 17.4. The van der Waals surface area contributed by atoms with Crippen LogP contribution in [0.1, 0.15) is 44.9 Å². The number of aromatic hydroxyl groups is 1. The molecule has 0 saturated heterocycles. The van der Waals surface area contributed by atoms with Crippen molar-refractivity contribution < 1.29 is 24.2 Å². The maximum Gasteiger partial charge on any atom is 0.408 e. The Morgan fingerprint density at radius 1 is 1.03 bits per heavy atom. The average molecular weight is 502 g/mol. The van der Waals surface area contributed by atoms with Crippen LogP contribution < -0.4 is 10.6 Å². The molecule has 192 valence electrons. The van der Waals surface area contributed by atoms with Crippen molar-refractivity contribution in [2.75, 3.05) is 5.32 Å². The van der Waals surface area contributed by atoms with Crippen LogP contribution in [0.3, 0.4) is 0 Å². The Morgan fingerprint density at radius 2 is 1.70 bits per heavy atom. The summed E-state index contributed by atoms with van der Waals surface area (Å²) in [5, 5.41) is 17.2. The summed E-state index contributed by atoms with van der Waals surface area (Å²) in [5.74, 6) is -1.20. The normalized spacial score (nSPS) is 12.6. The number of alkyl carbamates (subject to hydrolysis) is 1. The number of fused-ring (bicyclic) bond motifs is 1. The number of hydrogen-bond acceptors (Lipinski definition) is 5. The van der Waals surface area contributed by atoms with Crippen LogP contribution in [0.5, 0.6) is 5.75 Å². The summed E-state index contributed by atoms with van der Waals surface area (Å²) in [6.45, 7) is 8.23. The number of phenolic OH excluding ortho intramolecular Hbond substituents is 1. The van der Waals surface area contributed by atoms with Gasteiger partial charge in [-0.3, -0.25) is 14.5 Å². The van der Waals surface area contributed by atoms with E-state index in [0.29, 0.717) is 16.8 Å². The predicted molar refractivity (Wildman–Crippen MR) is 143 cm³/mol. The molecule has 0 aliphatic heterocycles. The summed E-state index contributed by atoms with van der Waals surface area (Å²) in [4.78, 5) is 40.1. The molecule has 8 nitrogen and oxygen atoms in total. The smallest absolute Gasteiger partial charge is 0.408 e. The summed E-state index contributed by atoms with van der Waals surface area (Å²) >= 11 is 0. The Bertz CT molecular complexity index is 1370. The lowest BCUT2D eigenvalue weighted by molar-refractivity contribution is -0.136. The van der Waals surface area contributed by atoms with Crippen molar-refractivity contribution in [3.63, 3.8) is 0 Å². The molecule has 0 radical (unpaired) electrons. The van der Waals surface area contributed by atoms with Crippen LogP contribution in [0.4, 0.5) is 10.5 Å². The summed E-state index contributed by atoms with van der Waals surface area (Å²) in [6, 6.07) is 17.7. The fraction of sp³-hybridized carbons (Fsp3) is 0.276. The van der Waals surface area contributed by atoms with Crippen molar-refractivity contribution in [3.8, 4) is 18.2 Å². The van der Waals surface area contributed by atoms with Gasteiger partial charge in [0.25, 0.3) is 11.8 Å². The van der Waals surface area contributed by atoms with E-state index >= 15 is 0 Å². The van der Waals surface area contributed by atoms with E-state index in [1.807, 2.05) is 36.4 Å². The van der Waals surface area contributed by atoms with E-state index in [1.165, 1.54) is 19.1 Å². The Hall–Kier alpha value is -4.51. The molecule has 3 N–H and O–H groups in total. The van der Waals surface area contributed by atoms with Crippen LogP contribution in [-0.4, -0.2) is 39.6 Å². The molecule has 8 heteroatoms. The van der Waals surface area contributed by atoms with E-state index < -0.39 is 35.6 Å². The van der Waals surface area contributed by atoms with E-state index in [2.05, 4.69) is 16.7 Å². The van der Waals surface area contributed by atoms with Gasteiger partial charge in [-0.15, -0.1) is 0 Å². The Labute approximate surface area is 216 Å². The molecular formula is C29H31N3O5. The number of aryl methyl sites for hydroxylation is 1. The highest BCUT2D eigenvalue weighted by Gasteiger charge is 2.34. The molecule has 3 rings (SSSR count). The van der Waals surface area contributed by atoms with E-state index in [4.69, 9.17) is 11.2 Å². The van der Waals surface area contributed by atoms with Crippen LogP contribution >= 0.6 is 0 Å². The van der Waals surface area contributed by atoms with Gasteiger partial charge in [0.2, 0.25) is 0 Å². The van der Waals surface area contributed by atoms with Crippen LogP contribution in [0.15, 0.2) is 60.7 Å². The molecule has 37 heavy (non-hydrogen) atoms. The van der Waals surface area contributed by atoms with E-state index in [-0.39, 0.29) is 5.75 Å². The van der Waals surface area contributed by atoms with Gasteiger partial charge in [-0.1, -0.05) is 42.8 Å². The number of carbonyl (C=O) groups is 3. The fourth-order valence-corrected chi connectivity index (χ4v) is 3.76. The highest BCUT2D eigenvalue weighted by atomic mass is 16.6. The largest absolute Gasteiger partial charge is 0.508 e. The third-order valence-electron chi connectivity index (χ3n) is 5.54. The minimum Gasteiger partial charge on any atom is -0.508 e. The number of amides is 3. The summed E-state index contributed by atoms with van der Waals surface area (Å²) in [7, 11) is 0. The van der Waals surface area contributed by atoms with Crippen molar-refractivity contribution in [2.45, 2.75) is 52.3 Å². The van der Waals surface area contributed by atoms with Crippen molar-refractivity contribution in [3.05, 3.63) is 71.8 Å². The number of ether oxygens (including phenoxy) is 1. The summed E-state index contributed by atoms with van der Waals surface area (Å²) < 4.78 is 5.23. The topological polar surface area (TPSA) is 108 Å². The molecule has 0 aliphatic carbocycles.